The second-order valence-corrected chi connectivity index (χ2v) is 6.03. The van der Waals surface area contributed by atoms with E-state index in [4.69, 9.17) is 27.9 Å². The Morgan fingerprint density at radius 3 is 2.67 bits per heavy atom. The van der Waals surface area contributed by atoms with Crippen LogP contribution >= 0.6 is 39.1 Å². The molecule has 1 atom stereocenters. The molecular formula is C15H12BrCl2NO2. The third-order valence-corrected chi connectivity index (χ3v) is 4.11. The molecule has 6 heteroatoms. The molecule has 0 heterocycles. The van der Waals surface area contributed by atoms with Crippen LogP contribution in [0.4, 0.5) is 5.69 Å². The van der Waals surface area contributed by atoms with Crippen molar-refractivity contribution in [1.82, 2.24) is 0 Å². The highest BCUT2D eigenvalue weighted by molar-refractivity contribution is 9.10. The molecule has 0 saturated carbocycles. The predicted molar refractivity (Wildman–Crippen MR) is 89.3 cm³/mol. The van der Waals surface area contributed by atoms with Gasteiger partial charge in [0.2, 0.25) is 0 Å². The minimum absolute atomic E-state index is 0.260. The van der Waals surface area contributed by atoms with Crippen molar-refractivity contribution < 1.29 is 9.53 Å². The van der Waals surface area contributed by atoms with Gasteiger partial charge in [-0.25, -0.2) is 0 Å². The van der Waals surface area contributed by atoms with E-state index in [-0.39, 0.29) is 5.91 Å². The van der Waals surface area contributed by atoms with Crippen molar-refractivity contribution in [1.29, 1.82) is 0 Å². The van der Waals surface area contributed by atoms with Crippen molar-refractivity contribution >= 4 is 50.7 Å². The minimum Gasteiger partial charge on any atom is -0.481 e. The molecule has 0 aliphatic rings. The van der Waals surface area contributed by atoms with E-state index >= 15 is 0 Å². The number of anilines is 1. The number of hydrogen-bond acceptors (Lipinski definition) is 2. The molecule has 0 spiro atoms. The smallest absolute Gasteiger partial charge is 0.265 e. The van der Waals surface area contributed by atoms with Crippen LogP contribution < -0.4 is 10.1 Å². The molecule has 1 unspecified atom stereocenters. The fraction of sp³-hybridized carbons (Fsp3) is 0.133. The van der Waals surface area contributed by atoms with Gasteiger partial charge in [0, 0.05) is 15.2 Å². The fourth-order valence-electron chi connectivity index (χ4n) is 1.62. The van der Waals surface area contributed by atoms with Gasteiger partial charge >= 0.3 is 0 Å². The summed E-state index contributed by atoms with van der Waals surface area (Å²) in [6.07, 6.45) is -0.655. The second kappa shape index (κ2) is 7.16. The highest BCUT2D eigenvalue weighted by atomic mass is 79.9. The summed E-state index contributed by atoms with van der Waals surface area (Å²) in [4.78, 5) is 12.1. The zero-order valence-electron chi connectivity index (χ0n) is 11.1. The van der Waals surface area contributed by atoms with E-state index in [2.05, 4.69) is 21.2 Å². The summed E-state index contributed by atoms with van der Waals surface area (Å²) in [7, 11) is 0. The molecule has 0 bridgehead atoms. The van der Waals surface area contributed by atoms with E-state index in [1.165, 1.54) is 0 Å². The zero-order chi connectivity index (χ0) is 15.4. The number of carbonyl (C=O) groups excluding carboxylic acids is 1. The lowest BCUT2D eigenvalue weighted by Gasteiger charge is -2.15. The van der Waals surface area contributed by atoms with E-state index in [1.807, 2.05) is 0 Å². The van der Waals surface area contributed by atoms with Gasteiger partial charge < -0.3 is 10.1 Å². The molecule has 1 N–H and O–H groups in total. The molecule has 0 aromatic heterocycles. The monoisotopic (exact) mass is 387 g/mol. The van der Waals surface area contributed by atoms with E-state index in [0.717, 1.165) is 0 Å². The van der Waals surface area contributed by atoms with Crippen LogP contribution in [-0.4, -0.2) is 12.0 Å². The maximum Gasteiger partial charge on any atom is 0.265 e. The van der Waals surface area contributed by atoms with Crippen molar-refractivity contribution in [2.75, 3.05) is 5.32 Å². The molecule has 2 aromatic carbocycles. The van der Waals surface area contributed by atoms with Crippen LogP contribution in [0.1, 0.15) is 6.92 Å². The number of rotatable bonds is 4. The number of hydrogen-bond donors (Lipinski definition) is 1. The summed E-state index contributed by atoms with van der Waals surface area (Å²) in [6.45, 7) is 1.67. The van der Waals surface area contributed by atoms with Gasteiger partial charge in [0.05, 0.1) is 5.02 Å². The van der Waals surface area contributed by atoms with Crippen molar-refractivity contribution in [2.24, 2.45) is 0 Å². The Morgan fingerprint density at radius 2 is 2.00 bits per heavy atom. The van der Waals surface area contributed by atoms with Gasteiger partial charge in [-0.05, 0) is 59.3 Å². The molecule has 2 aromatic rings. The van der Waals surface area contributed by atoms with Gasteiger partial charge in [0.25, 0.3) is 5.91 Å². The molecule has 0 aliphatic heterocycles. The van der Waals surface area contributed by atoms with Crippen molar-refractivity contribution in [3.8, 4) is 5.75 Å². The van der Waals surface area contributed by atoms with Gasteiger partial charge in [0.1, 0.15) is 5.75 Å². The SMILES string of the molecule is CC(Oc1cccc(Cl)c1)C(=O)Nc1ccc(Cl)c(Br)c1. The van der Waals surface area contributed by atoms with Crippen LogP contribution in [0.15, 0.2) is 46.9 Å². The highest BCUT2D eigenvalue weighted by Crippen LogP contribution is 2.26. The van der Waals surface area contributed by atoms with E-state index in [0.29, 0.717) is 26.0 Å². The van der Waals surface area contributed by atoms with Gasteiger partial charge in [0.15, 0.2) is 6.10 Å². The van der Waals surface area contributed by atoms with Crippen LogP contribution in [0.5, 0.6) is 5.75 Å². The van der Waals surface area contributed by atoms with Gasteiger partial charge in [-0.3, -0.25) is 4.79 Å². The molecule has 0 fully saturated rings. The standard InChI is InChI=1S/C15H12BrCl2NO2/c1-9(21-12-4-2-3-10(17)7-12)15(20)19-11-5-6-14(18)13(16)8-11/h2-9H,1H3,(H,19,20). The lowest BCUT2D eigenvalue weighted by Crippen LogP contribution is -2.30. The third kappa shape index (κ3) is 4.63. The van der Waals surface area contributed by atoms with Gasteiger partial charge in [-0.1, -0.05) is 29.3 Å². The van der Waals surface area contributed by atoms with E-state index in [1.54, 1.807) is 49.4 Å². The Hall–Kier alpha value is -1.23. The molecule has 0 radical (unpaired) electrons. The summed E-state index contributed by atoms with van der Waals surface area (Å²) < 4.78 is 6.26. The fourth-order valence-corrected chi connectivity index (χ4v) is 2.29. The molecule has 2 rings (SSSR count). The number of ether oxygens (including phenoxy) is 1. The lowest BCUT2D eigenvalue weighted by molar-refractivity contribution is -0.122. The number of nitrogens with one attached hydrogen (secondary N) is 1. The van der Waals surface area contributed by atoms with Gasteiger partial charge in [-0.2, -0.15) is 0 Å². The molecule has 110 valence electrons. The van der Waals surface area contributed by atoms with Crippen LogP contribution in [0, 0.1) is 0 Å². The summed E-state index contributed by atoms with van der Waals surface area (Å²) in [5.41, 5.74) is 0.637. The maximum absolute atomic E-state index is 12.1. The van der Waals surface area contributed by atoms with Crippen molar-refractivity contribution in [3.05, 3.63) is 57.0 Å². The Morgan fingerprint density at radius 1 is 1.24 bits per heavy atom. The third-order valence-electron chi connectivity index (χ3n) is 2.67. The quantitative estimate of drug-likeness (QED) is 0.785. The van der Waals surface area contributed by atoms with E-state index < -0.39 is 6.10 Å². The normalized spacial score (nSPS) is 11.8. The Labute approximate surface area is 141 Å². The van der Waals surface area contributed by atoms with Gasteiger partial charge in [-0.15, -0.1) is 0 Å². The van der Waals surface area contributed by atoms with Crippen LogP contribution in [0.25, 0.3) is 0 Å². The van der Waals surface area contributed by atoms with E-state index in [9.17, 15) is 4.79 Å². The molecule has 0 aliphatic carbocycles. The summed E-state index contributed by atoms with van der Waals surface area (Å²) in [5.74, 6) is 0.284. The summed E-state index contributed by atoms with van der Waals surface area (Å²) in [5, 5.41) is 3.90. The van der Waals surface area contributed by atoms with Crippen molar-refractivity contribution in [2.45, 2.75) is 13.0 Å². The molecule has 21 heavy (non-hydrogen) atoms. The largest absolute Gasteiger partial charge is 0.481 e. The average molecular weight is 389 g/mol. The molecular weight excluding hydrogens is 377 g/mol. The first kappa shape index (κ1) is 16.1. The average Bonchev–Trinajstić information content (AvgIpc) is 2.43. The van der Waals surface area contributed by atoms with Crippen molar-refractivity contribution in [3.63, 3.8) is 0 Å². The zero-order valence-corrected chi connectivity index (χ0v) is 14.2. The summed E-state index contributed by atoms with van der Waals surface area (Å²) >= 11 is 15.1. The molecule has 3 nitrogen and oxygen atoms in total. The number of benzene rings is 2. The number of amides is 1. The second-order valence-electron chi connectivity index (χ2n) is 4.34. The first-order chi connectivity index (χ1) is 9.95. The topological polar surface area (TPSA) is 38.3 Å². The first-order valence-electron chi connectivity index (χ1n) is 6.14. The van der Waals surface area contributed by atoms with Crippen LogP contribution in [0.3, 0.4) is 0 Å². The summed E-state index contributed by atoms with van der Waals surface area (Å²) in [6, 6.07) is 12.1. The van der Waals surface area contributed by atoms with Crippen LogP contribution in [-0.2, 0) is 4.79 Å². The maximum atomic E-state index is 12.1. The first-order valence-corrected chi connectivity index (χ1v) is 7.69. The Balaban J connectivity index is 2.00. The Bertz CT molecular complexity index is 664. The lowest BCUT2D eigenvalue weighted by atomic mass is 10.3. The Kier molecular flexibility index (Phi) is 5.51. The predicted octanol–water partition coefficient (Wildman–Crippen LogP) is 5.16. The highest BCUT2D eigenvalue weighted by Gasteiger charge is 2.15. The number of carbonyl (C=O) groups is 1. The number of halogens is 3. The minimum atomic E-state index is -0.655. The molecule has 1 amide bonds. The molecule has 0 saturated heterocycles. The van der Waals surface area contributed by atoms with Crippen LogP contribution in [0.2, 0.25) is 10.0 Å².